The molecule has 33 heavy (non-hydrogen) atoms. The van der Waals surface area contributed by atoms with Crippen LogP contribution >= 0.6 is 0 Å². The fourth-order valence-corrected chi connectivity index (χ4v) is 4.14. The number of amides is 2. The lowest BCUT2D eigenvalue weighted by atomic mass is 10.1. The molecule has 0 saturated carbocycles. The van der Waals surface area contributed by atoms with Crippen molar-refractivity contribution in [1.82, 2.24) is 15.2 Å². The van der Waals surface area contributed by atoms with Crippen molar-refractivity contribution in [3.63, 3.8) is 0 Å². The van der Waals surface area contributed by atoms with Gasteiger partial charge in [0.05, 0.1) is 16.5 Å². The number of carbonyl (C=O) groups excluding carboxylic acids is 2. The first-order valence-corrected chi connectivity index (χ1v) is 11.4. The van der Waals surface area contributed by atoms with Gasteiger partial charge in [-0.25, -0.2) is 8.42 Å². The van der Waals surface area contributed by atoms with Gasteiger partial charge in [-0.05, 0) is 55.0 Å². The van der Waals surface area contributed by atoms with E-state index >= 15 is 0 Å². The molecule has 0 aliphatic heterocycles. The number of nitrogens with one attached hydrogen (secondary N) is 2. The van der Waals surface area contributed by atoms with E-state index in [4.69, 9.17) is 5.26 Å². The molecule has 0 atom stereocenters. The van der Waals surface area contributed by atoms with Gasteiger partial charge in [0.2, 0.25) is 10.0 Å². The Bertz CT molecular complexity index is 1310. The number of benzene rings is 3. The van der Waals surface area contributed by atoms with E-state index < -0.39 is 21.8 Å². The maximum atomic E-state index is 12.7. The maximum absolute atomic E-state index is 12.7. The van der Waals surface area contributed by atoms with Crippen LogP contribution in [0.3, 0.4) is 0 Å². The number of carbonyl (C=O) groups is 2. The van der Waals surface area contributed by atoms with Crippen LogP contribution in [0.2, 0.25) is 0 Å². The second kappa shape index (κ2) is 10.1. The SMILES string of the molecule is Cc1ccc(S(=O)(=O)N(C)Cc2ccc(C(=O)NNC(=O)c3cccc(C#N)c3)cc2)cc1. The van der Waals surface area contributed by atoms with Crippen LogP contribution in [0, 0.1) is 18.3 Å². The molecule has 0 saturated heterocycles. The molecule has 0 unspecified atom stereocenters. The van der Waals surface area contributed by atoms with Gasteiger partial charge in [0.1, 0.15) is 0 Å². The molecule has 3 rings (SSSR count). The summed E-state index contributed by atoms with van der Waals surface area (Å²) in [4.78, 5) is 24.7. The van der Waals surface area contributed by atoms with Crippen molar-refractivity contribution in [3.05, 3.63) is 101 Å². The van der Waals surface area contributed by atoms with E-state index in [1.807, 2.05) is 13.0 Å². The number of nitriles is 1. The molecule has 0 heterocycles. The lowest BCUT2D eigenvalue weighted by Crippen LogP contribution is -2.41. The first-order valence-electron chi connectivity index (χ1n) is 9.93. The third-order valence-electron chi connectivity index (χ3n) is 4.89. The molecule has 0 aliphatic carbocycles. The largest absolute Gasteiger partial charge is 0.269 e. The Hall–Kier alpha value is -4.00. The van der Waals surface area contributed by atoms with E-state index in [1.54, 1.807) is 60.7 Å². The first kappa shape index (κ1) is 23.7. The van der Waals surface area contributed by atoms with Crippen molar-refractivity contribution >= 4 is 21.8 Å². The number of sulfonamides is 1. The monoisotopic (exact) mass is 462 g/mol. The number of hydrazine groups is 1. The molecule has 0 aromatic heterocycles. The van der Waals surface area contributed by atoms with Gasteiger partial charge in [-0.3, -0.25) is 20.4 Å². The van der Waals surface area contributed by atoms with Gasteiger partial charge in [0.25, 0.3) is 11.8 Å². The number of aryl methyl sites for hydroxylation is 1. The molecule has 2 N–H and O–H groups in total. The summed E-state index contributed by atoms with van der Waals surface area (Å²) in [7, 11) is -2.15. The van der Waals surface area contributed by atoms with Crippen LogP contribution in [0.4, 0.5) is 0 Å². The molecule has 0 bridgehead atoms. The summed E-state index contributed by atoms with van der Waals surface area (Å²) in [6.07, 6.45) is 0. The predicted molar refractivity (Wildman–Crippen MR) is 122 cm³/mol. The summed E-state index contributed by atoms with van der Waals surface area (Å²) in [5.74, 6) is -1.09. The smallest absolute Gasteiger partial charge is 0.267 e. The standard InChI is InChI=1S/C24H22N4O4S/c1-17-6-12-22(13-7-17)33(31,32)28(2)16-18-8-10-20(11-9-18)23(29)26-27-24(30)21-5-3-4-19(14-21)15-25/h3-14H,16H2,1-2H3,(H,26,29)(H,27,30). The minimum Gasteiger partial charge on any atom is -0.267 e. The summed E-state index contributed by atoms with van der Waals surface area (Å²) in [5, 5.41) is 8.91. The average molecular weight is 463 g/mol. The number of nitrogens with zero attached hydrogens (tertiary/aromatic N) is 2. The highest BCUT2D eigenvalue weighted by Crippen LogP contribution is 2.17. The molecule has 0 aliphatic rings. The molecule has 168 valence electrons. The van der Waals surface area contributed by atoms with E-state index in [2.05, 4.69) is 10.9 Å². The van der Waals surface area contributed by atoms with E-state index in [-0.39, 0.29) is 22.6 Å². The summed E-state index contributed by atoms with van der Waals surface area (Å²) in [6, 6.07) is 21.0. The second-order valence-corrected chi connectivity index (χ2v) is 9.42. The summed E-state index contributed by atoms with van der Waals surface area (Å²) < 4.78 is 26.7. The zero-order valence-electron chi connectivity index (χ0n) is 18.1. The quantitative estimate of drug-likeness (QED) is 0.546. The third-order valence-corrected chi connectivity index (χ3v) is 6.71. The molecule has 0 fully saturated rings. The molecule has 0 radical (unpaired) electrons. The van der Waals surface area contributed by atoms with E-state index in [0.29, 0.717) is 11.1 Å². The Morgan fingerprint density at radius 2 is 1.52 bits per heavy atom. The molecule has 9 heteroatoms. The van der Waals surface area contributed by atoms with Gasteiger partial charge in [-0.2, -0.15) is 9.57 Å². The molecular formula is C24H22N4O4S. The lowest BCUT2D eigenvalue weighted by molar-refractivity contribution is 0.0846. The fraction of sp³-hybridized carbons (Fsp3) is 0.125. The Labute approximate surface area is 192 Å². The van der Waals surface area contributed by atoms with Crippen LogP contribution in [-0.4, -0.2) is 31.6 Å². The number of hydrogen-bond acceptors (Lipinski definition) is 5. The van der Waals surface area contributed by atoms with Crippen LogP contribution in [0.5, 0.6) is 0 Å². The highest BCUT2D eigenvalue weighted by Gasteiger charge is 2.20. The first-order chi connectivity index (χ1) is 15.7. The minimum atomic E-state index is -3.64. The Balaban J connectivity index is 1.60. The Morgan fingerprint density at radius 1 is 0.909 bits per heavy atom. The molecule has 2 amide bonds. The van der Waals surface area contributed by atoms with Gasteiger partial charge >= 0.3 is 0 Å². The topological polar surface area (TPSA) is 119 Å². The molecule has 8 nitrogen and oxygen atoms in total. The van der Waals surface area contributed by atoms with E-state index in [1.165, 1.54) is 23.5 Å². The van der Waals surface area contributed by atoms with E-state index in [9.17, 15) is 18.0 Å². The number of rotatable bonds is 6. The second-order valence-electron chi connectivity index (χ2n) is 7.37. The van der Waals surface area contributed by atoms with Crippen LogP contribution in [0.25, 0.3) is 0 Å². The zero-order chi connectivity index (χ0) is 24.0. The summed E-state index contributed by atoms with van der Waals surface area (Å²) in [6.45, 7) is 2.01. The highest BCUT2D eigenvalue weighted by molar-refractivity contribution is 7.89. The zero-order valence-corrected chi connectivity index (χ0v) is 18.9. The van der Waals surface area contributed by atoms with Crippen LogP contribution in [-0.2, 0) is 16.6 Å². The summed E-state index contributed by atoms with van der Waals surface area (Å²) in [5.41, 5.74) is 7.14. The Kier molecular flexibility index (Phi) is 7.23. The van der Waals surface area contributed by atoms with Gasteiger partial charge < -0.3 is 0 Å². The normalized spacial score (nSPS) is 11.0. The van der Waals surface area contributed by atoms with Gasteiger partial charge in [-0.1, -0.05) is 35.9 Å². The van der Waals surface area contributed by atoms with Crippen molar-refractivity contribution in [2.24, 2.45) is 0 Å². The minimum absolute atomic E-state index is 0.129. The van der Waals surface area contributed by atoms with Crippen molar-refractivity contribution in [2.45, 2.75) is 18.4 Å². The van der Waals surface area contributed by atoms with Crippen LogP contribution < -0.4 is 10.9 Å². The molecular weight excluding hydrogens is 440 g/mol. The van der Waals surface area contributed by atoms with Crippen LogP contribution in [0.1, 0.15) is 37.4 Å². The molecule has 3 aromatic carbocycles. The molecule has 3 aromatic rings. The van der Waals surface area contributed by atoms with Gasteiger partial charge in [0, 0.05) is 24.7 Å². The van der Waals surface area contributed by atoms with Crippen molar-refractivity contribution in [3.8, 4) is 6.07 Å². The third kappa shape index (κ3) is 5.83. The number of hydrogen-bond donors (Lipinski definition) is 2. The summed E-state index contributed by atoms with van der Waals surface area (Å²) >= 11 is 0. The van der Waals surface area contributed by atoms with Gasteiger partial charge in [-0.15, -0.1) is 0 Å². The molecule has 0 spiro atoms. The lowest BCUT2D eigenvalue weighted by Gasteiger charge is -2.17. The van der Waals surface area contributed by atoms with Crippen LogP contribution in [0.15, 0.2) is 77.7 Å². The predicted octanol–water partition coefficient (Wildman–Crippen LogP) is 2.76. The van der Waals surface area contributed by atoms with E-state index in [0.717, 1.165) is 5.56 Å². The highest BCUT2D eigenvalue weighted by atomic mass is 32.2. The average Bonchev–Trinajstić information content (AvgIpc) is 2.83. The van der Waals surface area contributed by atoms with Crippen molar-refractivity contribution in [2.75, 3.05) is 7.05 Å². The fourth-order valence-electron chi connectivity index (χ4n) is 2.98. The van der Waals surface area contributed by atoms with Gasteiger partial charge in [0.15, 0.2) is 0 Å². The van der Waals surface area contributed by atoms with Crippen molar-refractivity contribution < 1.29 is 18.0 Å². The van der Waals surface area contributed by atoms with Crippen molar-refractivity contribution in [1.29, 1.82) is 5.26 Å². The maximum Gasteiger partial charge on any atom is 0.269 e. The Morgan fingerprint density at radius 3 is 2.12 bits per heavy atom.